The minimum atomic E-state index is -0.494. The van der Waals surface area contributed by atoms with E-state index >= 15 is 0 Å². The zero-order chi connectivity index (χ0) is 8.27. The normalized spacial score (nSPS) is 9.18. The second-order valence-electron chi connectivity index (χ2n) is 1.77. The van der Waals surface area contributed by atoms with Gasteiger partial charge in [-0.2, -0.15) is 0 Å². The minimum Gasteiger partial charge on any atom is -0.480 e. The van der Waals surface area contributed by atoms with Crippen LogP contribution in [0.5, 0.6) is 5.88 Å². The molecule has 0 bridgehead atoms. The van der Waals surface area contributed by atoms with Crippen molar-refractivity contribution < 1.29 is 9.53 Å². The zero-order valence-corrected chi connectivity index (χ0v) is 5.83. The van der Waals surface area contributed by atoms with Crippen LogP contribution in [-0.2, 0) is 0 Å². The first kappa shape index (κ1) is 7.46. The topological polar surface area (TPSA) is 72.0 Å². The van der Waals surface area contributed by atoms with Crippen molar-refractivity contribution in [3.8, 4) is 5.88 Å². The highest BCUT2D eigenvalue weighted by Crippen LogP contribution is 2.03. The molecule has 0 aliphatic carbocycles. The van der Waals surface area contributed by atoms with E-state index in [2.05, 4.69) is 14.7 Å². The van der Waals surface area contributed by atoms with E-state index in [1.165, 1.54) is 13.4 Å². The molecule has 0 atom stereocenters. The van der Waals surface area contributed by atoms with Crippen molar-refractivity contribution in [2.75, 3.05) is 7.11 Å². The van der Waals surface area contributed by atoms with Gasteiger partial charge in [-0.05, 0) is 0 Å². The average molecular weight is 154 g/mol. The van der Waals surface area contributed by atoms with Crippen molar-refractivity contribution in [3.05, 3.63) is 22.2 Å². The van der Waals surface area contributed by atoms with Gasteiger partial charge in [0.25, 0.3) is 5.56 Å². The van der Waals surface area contributed by atoms with Crippen molar-refractivity contribution in [1.82, 2.24) is 9.97 Å². The number of methoxy groups -OCH3 is 1. The molecule has 0 aliphatic heterocycles. The number of aromatic amines is 1. The Hall–Kier alpha value is -1.65. The van der Waals surface area contributed by atoms with Crippen LogP contribution in [0.15, 0.2) is 11.1 Å². The molecule has 0 amide bonds. The number of ether oxygens (including phenoxy) is 1. The lowest BCUT2D eigenvalue weighted by Crippen LogP contribution is -2.13. The molecule has 0 spiro atoms. The van der Waals surface area contributed by atoms with Crippen LogP contribution < -0.4 is 10.3 Å². The molecule has 0 fully saturated rings. The summed E-state index contributed by atoms with van der Waals surface area (Å²) in [6.45, 7) is 0. The van der Waals surface area contributed by atoms with Crippen LogP contribution in [0.4, 0.5) is 0 Å². The molecule has 0 radical (unpaired) electrons. The highest BCUT2D eigenvalue weighted by atomic mass is 16.5. The quantitative estimate of drug-likeness (QED) is 0.588. The van der Waals surface area contributed by atoms with Gasteiger partial charge in [0.1, 0.15) is 5.56 Å². The van der Waals surface area contributed by atoms with E-state index in [0.29, 0.717) is 6.29 Å². The highest BCUT2D eigenvalue weighted by molar-refractivity contribution is 5.77. The molecule has 1 aromatic rings. The Bertz CT molecular complexity index is 318. The predicted octanol–water partition coefficient (Wildman–Crippen LogP) is -0.409. The molecule has 58 valence electrons. The lowest BCUT2D eigenvalue weighted by Gasteiger charge is -1.97. The standard InChI is InChI=1S/C6H6N2O3/c1-11-6-4(2-9)5(10)7-3-8-6/h2-3H,1H3,(H,7,8,10). The number of aromatic nitrogens is 2. The van der Waals surface area contributed by atoms with Crippen molar-refractivity contribution in [1.29, 1.82) is 0 Å². The maximum atomic E-state index is 10.8. The summed E-state index contributed by atoms with van der Waals surface area (Å²) in [6.07, 6.45) is 1.58. The van der Waals surface area contributed by atoms with Gasteiger partial charge in [0, 0.05) is 0 Å². The lowest BCUT2D eigenvalue weighted by atomic mass is 10.3. The van der Waals surface area contributed by atoms with Crippen molar-refractivity contribution in [2.45, 2.75) is 0 Å². The van der Waals surface area contributed by atoms with E-state index in [1.807, 2.05) is 0 Å². The molecular formula is C6H6N2O3. The first-order chi connectivity index (χ1) is 5.29. The molecule has 1 N–H and O–H groups in total. The molecule has 1 aromatic heterocycles. The minimum absolute atomic E-state index is 0.0451. The third-order valence-electron chi connectivity index (χ3n) is 1.16. The molecule has 1 rings (SSSR count). The zero-order valence-electron chi connectivity index (χ0n) is 5.83. The van der Waals surface area contributed by atoms with Gasteiger partial charge in [-0.1, -0.05) is 0 Å². The monoisotopic (exact) mass is 154 g/mol. The Balaban J connectivity index is 3.36. The van der Waals surface area contributed by atoms with E-state index < -0.39 is 5.56 Å². The number of carbonyl (C=O) groups excluding carboxylic acids is 1. The highest BCUT2D eigenvalue weighted by Gasteiger charge is 2.05. The lowest BCUT2D eigenvalue weighted by molar-refractivity contribution is 0.111. The van der Waals surface area contributed by atoms with Crippen LogP contribution in [-0.4, -0.2) is 23.4 Å². The van der Waals surface area contributed by atoms with Gasteiger partial charge in [-0.3, -0.25) is 9.59 Å². The number of nitrogens with one attached hydrogen (secondary N) is 1. The predicted molar refractivity (Wildman–Crippen MR) is 36.8 cm³/mol. The number of hydrogen-bond acceptors (Lipinski definition) is 4. The van der Waals surface area contributed by atoms with Crippen LogP contribution in [0.25, 0.3) is 0 Å². The van der Waals surface area contributed by atoms with Gasteiger partial charge in [0.05, 0.1) is 13.4 Å². The summed E-state index contributed by atoms with van der Waals surface area (Å²) in [5.41, 5.74) is -0.582. The van der Waals surface area contributed by atoms with Crippen molar-refractivity contribution >= 4 is 6.29 Å². The second kappa shape index (κ2) is 2.96. The first-order valence-electron chi connectivity index (χ1n) is 2.86. The number of hydrogen-bond donors (Lipinski definition) is 1. The molecule has 0 aromatic carbocycles. The Labute approximate surface area is 62.0 Å². The Kier molecular flexibility index (Phi) is 2.00. The van der Waals surface area contributed by atoms with Gasteiger partial charge in [0.2, 0.25) is 5.88 Å². The van der Waals surface area contributed by atoms with Gasteiger partial charge < -0.3 is 9.72 Å². The van der Waals surface area contributed by atoms with Crippen LogP contribution in [0, 0.1) is 0 Å². The number of aldehydes is 1. The Morgan fingerprint density at radius 1 is 1.73 bits per heavy atom. The summed E-state index contributed by atoms with van der Waals surface area (Å²) in [4.78, 5) is 27.0. The summed E-state index contributed by atoms with van der Waals surface area (Å²) in [5, 5.41) is 0. The molecule has 11 heavy (non-hydrogen) atoms. The van der Waals surface area contributed by atoms with Gasteiger partial charge in [-0.15, -0.1) is 0 Å². The van der Waals surface area contributed by atoms with Gasteiger partial charge in [0.15, 0.2) is 6.29 Å². The van der Waals surface area contributed by atoms with E-state index in [4.69, 9.17) is 0 Å². The molecule has 5 nitrogen and oxygen atoms in total. The molecular weight excluding hydrogens is 148 g/mol. The van der Waals surface area contributed by atoms with Crippen LogP contribution in [0.1, 0.15) is 10.4 Å². The number of nitrogens with zero attached hydrogens (tertiary/aromatic N) is 1. The SMILES string of the molecule is COc1nc[nH]c(=O)c1C=O. The van der Waals surface area contributed by atoms with E-state index in [1.54, 1.807) is 0 Å². The van der Waals surface area contributed by atoms with E-state index in [0.717, 1.165) is 0 Å². The first-order valence-corrected chi connectivity index (χ1v) is 2.86. The fraction of sp³-hybridized carbons (Fsp3) is 0.167. The molecule has 0 aliphatic rings. The van der Waals surface area contributed by atoms with Crippen molar-refractivity contribution in [2.24, 2.45) is 0 Å². The van der Waals surface area contributed by atoms with Crippen LogP contribution >= 0.6 is 0 Å². The molecule has 1 heterocycles. The number of H-pyrrole nitrogens is 1. The molecule has 0 saturated heterocycles. The molecule has 0 saturated carbocycles. The fourth-order valence-corrected chi connectivity index (χ4v) is 0.661. The number of rotatable bonds is 2. The van der Waals surface area contributed by atoms with Gasteiger partial charge >= 0.3 is 0 Å². The van der Waals surface area contributed by atoms with Crippen molar-refractivity contribution in [3.63, 3.8) is 0 Å². The van der Waals surface area contributed by atoms with Gasteiger partial charge in [-0.25, -0.2) is 4.98 Å². The van der Waals surface area contributed by atoms with E-state index in [9.17, 15) is 9.59 Å². The summed E-state index contributed by atoms with van der Waals surface area (Å²) >= 11 is 0. The molecule has 0 unspecified atom stereocenters. The second-order valence-corrected chi connectivity index (χ2v) is 1.77. The Morgan fingerprint density at radius 3 is 2.91 bits per heavy atom. The largest absolute Gasteiger partial charge is 0.480 e. The summed E-state index contributed by atoms with van der Waals surface area (Å²) in [6, 6.07) is 0. The smallest absolute Gasteiger partial charge is 0.265 e. The molecule has 5 heteroatoms. The van der Waals surface area contributed by atoms with E-state index in [-0.39, 0.29) is 11.4 Å². The summed E-state index contributed by atoms with van der Waals surface area (Å²) in [5.74, 6) is 0.0451. The Morgan fingerprint density at radius 2 is 2.45 bits per heavy atom. The average Bonchev–Trinajstić information content (AvgIpc) is 2.04. The third-order valence-corrected chi connectivity index (χ3v) is 1.16. The fourth-order valence-electron chi connectivity index (χ4n) is 0.661. The summed E-state index contributed by atoms with van der Waals surface area (Å²) < 4.78 is 4.65. The number of carbonyl (C=O) groups is 1. The summed E-state index contributed by atoms with van der Waals surface area (Å²) in [7, 11) is 1.34. The maximum Gasteiger partial charge on any atom is 0.265 e. The van der Waals surface area contributed by atoms with Crippen LogP contribution in [0.2, 0.25) is 0 Å². The third kappa shape index (κ3) is 1.26. The van der Waals surface area contributed by atoms with Crippen LogP contribution in [0.3, 0.4) is 0 Å². The maximum absolute atomic E-state index is 10.8.